The van der Waals surface area contributed by atoms with Crippen molar-refractivity contribution in [2.24, 2.45) is 0 Å². The van der Waals surface area contributed by atoms with Gasteiger partial charge in [-0.15, -0.1) is 0 Å². The van der Waals surface area contributed by atoms with Crippen molar-refractivity contribution in [1.82, 2.24) is 0 Å². The lowest BCUT2D eigenvalue weighted by atomic mass is 10.1. The molecule has 0 amide bonds. The topological polar surface area (TPSA) is 30.5 Å². The van der Waals surface area contributed by atoms with Crippen LogP contribution in [-0.4, -0.2) is 6.61 Å². The van der Waals surface area contributed by atoms with E-state index in [1.165, 1.54) is 0 Å². The number of anilines is 1. The van der Waals surface area contributed by atoms with Crippen LogP contribution in [0.25, 0.3) is 0 Å². The van der Waals surface area contributed by atoms with Crippen LogP contribution in [0.5, 0.6) is 11.5 Å². The lowest BCUT2D eigenvalue weighted by Crippen LogP contribution is -2.05. The highest BCUT2D eigenvalue weighted by Crippen LogP contribution is 2.35. The second-order valence-corrected chi connectivity index (χ2v) is 8.46. The first-order valence-corrected chi connectivity index (χ1v) is 11.1. The van der Waals surface area contributed by atoms with Crippen molar-refractivity contribution in [3.05, 3.63) is 84.9 Å². The minimum atomic E-state index is 0.384. The normalized spacial score (nSPS) is 10.7. The molecule has 0 aliphatic heterocycles. The van der Waals surface area contributed by atoms with Crippen molar-refractivity contribution in [3.63, 3.8) is 0 Å². The molecule has 0 saturated heterocycles. The summed E-state index contributed by atoms with van der Waals surface area (Å²) in [4.78, 5) is 0. The fraction of sp³-hybridized carbons (Fsp3) is 0.217. The lowest BCUT2D eigenvalue weighted by molar-refractivity contribution is 0.267. The lowest BCUT2D eigenvalue weighted by Gasteiger charge is -2.17. The highest BCUT2D eigenvalue weighted by Gasteiger charge is 2.14. The van der Waals surface area contributed by atoms with Crippen molar-refractivity contribution < 1.29 is 9.47 Å². The Kier molecular flexibility index (Phi) is 7.92. The highest BCUT2D eigenvalue weighted by atomic mass is 127. The molecule has 0 heterocycles. The summed E-state index contributed by atoms with van der Waals surface area (Å²) in [5.74, 6) is 1.46. The number of benzene rings is 3. The average Bonchev–Trinajstić information content (AvgIpc) is 2.70. The first-order chi connectivity index (χ1) is 14.0. The van der Waals surface area contributed by atoms with Gasteiger partial charge in [0.05, 0.1) is 10.2 Å². The average molecular weight is 542 g/mol. The molecule has 0 aromatic heterocycles. The van der Waals surface area contributed by atoms with Crippen LogP contribution in [-0.2, 0) is 13.2 Å². The van der Waals surface area contributed by atoms with Gasteiger partial charge in [-0.2, -0.15) is 0 Å². The zero-order valence-corrected chi connectivity index (χ0v) is 19.9. The van der Waals surface area contributed by atoms with Crippen molar-refractivity contribution in [3.8, 4) is 11.5 Å². The third-order valence-electron chi connectivity index (χ3n) is 4.45. The predicted octanol–water partition coefficient (Wildman–Crippen LogP) is 7.50. The molecule has 6 heteroatoms. The van der Waals surface area contributed by atoms with E-state index >= 15 is 0 Å². The number of hydrogen-bond donors (Lipinski definition) is 1. The Morgan fingerprint density at radius 2 is 1.72 bits per heavy atom. The number of hydrogen-bond acceptors (Lipinski definition) is 3. The van der Waals surface area contributed by atoms with E-state index in [2.05, 4.69) is 34.0 Å². The molecule has 0 radical (unpaired) electrons. The molecule has 0 spiro atoms. The van der Waals surface area contributed by atoms with E-state index in [9.17, 15) is 0 Å². The van der Waals surface area contributed by atoms with E-state index in [1.807, 2.05) is 62.4 Å². The van der Waals surface area contributed by atoms with Gasteiger partial charge in [0.1, 0.15) is 6.61 Å². The van der Waals surface area contributed by atoms with E-state index in [0.717, 1.165) is 42.5 Å². The Bertz CT molecular complexity index is 995. The van der Waals surface area contributed by atoms with Crippen LogP contribution in [0, 0.1) is 10.5 Å². The minimum Gasteiger partial charge on any atom is -0.490 e. The molecular weight excluding hydrogens is 520 g/mol. The zero-order chi connectivity index (χ0) is 20.8. The van der Waals surface area contributed by atoms with Gasteiger partial charge in [0.15, 0.2) is 11.5 Å². The van der Waals surface area contributed by atoms with Gasteiger partial charge in [0.2, 0.25) is 0 Å². The number of rotatable bonds is 8. The summed E-state index contributed by atoms with van der Waals surface area (Å²) < 4.78 is 12.9. The van der Waals surface area contributed by atoms with Crippen LogP contribution < -0.4 is 14.8 Å². The van der Waals surface area contributed by atoms with E-state index in [0.29, 0.717) is 24.8 Å². The molecule has 3 nitrogen and oxygen atoms in total. The predicted molar refractivity (Wildman–Crippen MR) is 130 cm³/mol. The third kappa shape index (κ3) is 5.71. The highest BCUT2D eigenvalue weighted by molar-refractivity contribution is 14.1. The van der Waals surface area contributed by atoms with Gasteiger partial charge >= 0.3 is 0 Å². The first-order valence-electron chi connectivity index (χ1n) is 9.30. The second-order valence-electron chi connectivity index (χ2n) is 6.48. The van der Waals surface area contributed by atoms with E-state index in [1.54, 1.807) is 0 Å². The molecular formula is C23H22Cl2INO2. The maximum atomic E-state index is 6.25. The Morgan fingerprint density at radius 1 is 0.966 bits per heavy atom. The van der Waals surface area contributed by atoms with Crippen molar-refractivity contribution in [2.45, 2.75) is 27.0 Å². The summed E-state index contributed by atoms with van der Waals surface area (Å²) in [6.45, 7) is 5.57. The maximum absolute atomic E-state index is 6.25. The van der Waals surface area contributed by atoms with Gasteiger partial charge in [-0.05, 0) is 77.9 Å². The van der Waals surface area contributed by atoms with Crippen molar-refractivity contribution >= 4 is 51.5 Å². The molecule has 152 valence electrons. The molecule has 29 heavy (non-hydrogen) atoms. The summed E-state index contributed by atoms with van der Waals surface area (Å²) >= 11 is 14.7. The summed E-state index contributed by atoms with van der Waals surface area (Å²) in [7, 11) is 0. The maximum Gasteiger partial charge on any atom is 0.174 e. The Hall–Kier alpha value is -1.63. The van der Waals surface area contributed by atoms with Gasteiger partial charge in [-0.3, -0.25) is 0 Å². The Balaban J connectivity index is 1.78. The molecule has 0 atom stereocenters. The molecule has 0 aliphatic carbocycles. The van der Waals surface area contributed by atoms with Crippen LogP contribution in [0.15, 0.2) is 54.6 Å². The second kappa shape index (κ2) is 10.4. The smallest absolute Gasteiger partial charge is 0.174 e. The number of ether oxygens (including phenoxy) is 2. The van der Waals surface area contributed by atoms with Gasteiger partial charge in [0.25, 0.3) is 0 Å². The quantitative estimate of drug-likeness (QED) is 0.299. The SMILES string of the molecule is CCOc1cc(CNc2cccc(Cl)c2C)cc(I)c1OCc1ccccc1Cl. The minimum absolute atomic E-state index is 0.384. The molecule has 0 unspecified atom stereocenters. The molecule has 0 fully saturated rings. The summed E-state index contributed by atoms with van der Waals surface area (Å²) in [6, 6.07) is 17.6. The summed E-state index contributed by atoms with van der Waals surface area (Å²) in [5.41, 5.74) is 4.09. The van der Waals surface area contributed by atoms with Crippen LogP contribution >= 0.6 is 45.8 Å². The molecule has 3 rings (SSSR count). The van der Waals surface area contributed by atoms with Gasteiger partial charge in [-0.25, -0.2) is 0 Å². The molecule has 1 N–H and O–H groups in total. The third-order valence-corrected chi connectivity index (χ3v) is 6.03. The van der Waals surface area contributed by atoms with E-state index < -0.39 is 0 Å². The largest absolute Gasteiger partial charge is 0.490 e. The molecule has 0 bridgehead atoms. The van der Waals surface area contributed by atoms with Crippen LogP contribution in [0.2, 0.25) is 10.0 Å². The van der Waals surface area contributed by atoms with Crippen LogP contribution in [0.1, 0.15) is 23.6 Å². The van der Waals surface area contributed by atoms with Crippen molar-refractivity contribution in [1.29, 1.82) is 0 Å². The number of halogens is 3. The molecule has 3 aromatic carbocycles. The summed E-state index contributed by atoms with van der Waals surface area (Å²) in [5, 5.41) is 4.90. The number of nitrogens with one attached hydrogen (secondary N) is 1. The van der Waals surface area contributed by atoms with Crippen molar-refractivity contribution in [2.75, 3.05) is 11.9 Å². The van der Waals surface area contributed by atoms with Crippen LogP contribution in [0.3, 0.4) is 0 Å². The molecule has 0 saturated carbocycles. The van der Waals surface area contributed by atoms with Crippen LogP contribution in [0.4, 0.5) is 5.69 Å². The zero-order valence-electron chi connectivity index (χ0n) is 16.3. The van der Waals surface area contributed by atoms with Gasteiger partial charge in [0, 0.05) is 27.8 Å². The standard InChI is InChI=1S/C23H22Cl2INO2/c1-3-28-22-12-16(13-27-21-10-6-9-18(24)15(21)2)11-20(26)23(22)29-14-17-7-4-5-8-19(17)25/h4-12,27H,3,13-14H2,1-2H3. The van der Waals surface area contributed by atoms with Gasteiger partial charge in [-0.1, -0.05) is 47.5 Å². The van der Waals surface area contributed by atoms with Gasteiger partial charge < -0.3 is 14.8 Å². The first kappa shape index (κ1) is 22.1. The molecule has 0 aliphatic rings. The Labute approximate surface area is 195 Å². The van der Waals surface area contributed by atoms with E-state index in [4.69, 9.17) is 32.7 Å². The Morgan fingerprint density at radius 3 is 2.48 bits per heavy atom. The van der Waals surface area contributed by atoms with E-state index in [-0.39, 0.29) is 0 Å². The summed E-state index contributed by atoms with van der Waals surface area (Å²) in [6.07, 6.45) is 0. The molecule has 3 aromatic rings. The fourth-order valence-corrected chi connectivity index (χ4v) is 4.07. The fourth-order valence-electron chi connectivity index (χ4n) is 2.89. The monoisotopic (exact) mass is 541 g/mol.